The van der Waals surface area contributed by atoms with Crippen molar-refractivity contribution >= 4 is 11.7 Å². The molecule has 0 aromatic heterocycles. The van der Waals surface area contributed by atoms with Crippen molar-refractivity contribution in [3.63, 3.8) is 0 Å². The highest BCUT2D eigenvalue weighted by atomic mass is 19.1. The van der Waals surface area contributed by atoms with Crippen LogP contribution in [0.25, 0.3) is 0 Å². The number of methoxy groups -OCH3 is 3. The minimum Gasteiger partial charge on any atom is -0.494 e. The first kappa shape index (κ1) is 12.1. The van der Waals surface area contributed by atoms with E-state index in [2.05, 4.69) is 4.74 Å². The second kappa shape index (κ2) is 4.69. The van der Waals surface area contributed by atoms with Gasteiger partial charge in [0, 0.05) is 6.07 Å². The van der Waals surface area contributed by atoms with Gasteiger partial charge < -0.3 is 19.9 Å². The summed E-state index contributed by atoms with van der Waals surface area (Å²) in [7, 11) is 3.76. The SMILES string of the molecule is COC(=O)c1c(N)c(OC)cc(OC)c1F. The van der Waals surface area contributed by atoms with E-state index >= 15 is 0 Å². The quantitative estimate of drug-likeness (QED) is 0.623. The molecule has 0 aliphatic rings. The van der Waals surface area contributed by atoms with Gasteiger partial charge in [0.1, 0.15) is 11.3 Å². The molecule has 16 heavy (non-hydrogen) atoms. The molecule has 1 aromatic carbocycles. The van der Waals surface area contributed by atoms with Gasteiger partial charge in [-0.25, -0.2) is 9.18 Å². The maximum atomic E-state index is 13.7. The molecule has 6 heteroatoms. The number of carbonyl (C=O) groups excluding carboxylic acids is 1. The highest BCUT2D eigenvalue weighted by molar-refractivity contribution is 5.97. The third kappa shape index (κ3) is 1.86. The van der Waals surface area contributed by atoms with Crippen LogP contribution in [-0.2, 0) is 4.74 Å². The van der Waals surface area contributed by atoms with Crippen LogP contribution in [0.3, 0.4) is 0 Å². The summed E-state index contributed by atoms with van der Waals surface area (Å²) >= 11 is 0. The second-order valence-electron chi connectivity index (χ2n) is 2.88. The van der Waals surface area contributed by atoms with E-state index < -0.39 is 17.3 Å². The molecule has 2 N–H and O–H groups in total. The zero-order chi connectivity index (χ0) is 12.3. The van der Waals surface area contributed by atoms with E-state index in [1.54, 1.807) is 0 Å². The number of esters is 1. The van der Waals surface area contributed by atoms with Gasteiger partial charge in [0.15, 0.2) is 11.6 Å². The number of hydrogen-bond acceptors (Lipinski definition) is 5. The molecule has 0 saturated heterocycles. The van der Waals surface area contributed by atoms with Gasteiger partial charge in [-0.3, -0.25) is 0 Å². The molecule has 0 atom stereocenters. The van der Waals surface area contributed by atoms with Crippen LogP contribution >= 0.6 is 0 Å². The maximum Gasteiger partial charge on any atom is 0.343 e. The molecular formula is C10H12FNO4. The van der Waals surface area contributed by atoms with Crippen LogP contribution in [0.5, 0.6) is 11.5 Å². The highest BCUT2D eigenvalue weighted by Crippen LogP contribution is 2.34. The zero-order valence-corrected chi connectivity index (χ0v) is 9.17. The van der Waals surface area contributed by atoms with Gasteiger partial charge in [0.25, 0.3) is 0 Å². The minimum absolute atomic E-state index is 0.118. The average molecular weight is 229 g/mol. The second-order valence-corrected chi connectivity index (χ2v) is 2.88. The number of benzene rings is 1. The van der Waals surface area contributed by atoms with E-state index in [0.717, 1.165) is 7.11 Å². The monoisotopic (exact) mass is 229 g/mol. The fraction of sp³-hybridized carbons (Fsp3) is 0.300. The molecule has 0 saturated carbocycles. The van der Waals surface area contributed by atoms with Gasteiger partial charge in [-0.1, -0.05) is 0 Å². The summed E-state index contributed by atoms with van der Waals surface area (Å²) in [6.45, 7) is 0. The number of carbonyl (C=O) groups is 1. The normalized spacial score (nSPS) is 9.75. The molecule has 0 spiro atoms. The van der Waals surface area contributed by atoms with E-state index in [-0.39, 0.29) is 17.2 Å². The van der Waals surface area contributed by atoms with Gasteiger partial charge in [0.05, 0.1) is 27.0 Å². The van der Waals surface area contributed by atoms with Crippen LogP contribution in [0.4, 0.5) is 10.1 Å². The molecule has 0 unspecified atom stereocenters. The summed E-state index contributed by atoms with van der Waals surface area (Å²) in [5, 5.41) is 0. The van der Waals surface area contributed by atoms with E-state index in [1.807, 2.05) is 0 Å². The molecule has 0 heterocycles. The van der Waals surface area contributed by atoms with Crippen LogP contribution in [0.15, 0.2) is 6.07 Å². The lowest BCUT2D eigenvalue weighted by Crippen LogP contribution is -2.11. The van der Waals surface area contributed by atoms with Crippen LogP contribution in [0, 0.1) is 5.82 Å². The Morgan fingerprint density at radius 1 is 1.25 bits per heavy atom. The molecule has 1 aromatic rings. The van der Waals surface area contributed by atoms with E-state index in [9.17, 15) is 9.18 Å². The number of nitrogen functional groups attached to an aromatic ring is 1. The Hall–Kier alpha value is -1.98. The van der Waals surface area contributed by atoms with Crippen molar-refractivity contribution < 1.29 is 23.4 Å². The number of ether oxygens (including phenoxy) is 3. The first-order valence-electron chi connectivity index (χ1n) is 4.35. The smallest absolute Gasteiger partial charge is 0.343 e. The molecular weight excluding hydrogens is 217 g/mol. The first-order valence-corrected chi connectivity index (χ1v) is 4.35. The molecule has 0 radical (unpaired) electrons. The Morgan fingerprint density at radius 2 is 1.81 bits per heavy atom. The molecule has 1 rings (SSSR count). The van der Waals surface area contributed by atoms with Crippen molar-refractivity contribution in [1.29, 1.82) is 0 Å². The van der Waals surface area contributed by atoms with Crippen molar-refractivity contribution in [1.82, 2.24) is 0 Å². The molecule has 0 bridgehead atoms. The van der Waals surface area contributed by atoms with E-state index in [1.165, 1.54) is 20.3 Å². The standard InChI is InChI=1S/C10H12FNO4/c1-14-5-4-6(15-2)9(12)7(8(5)11)10(13)16-3/h4H,12H2,1-3H3. The lowest BCUT2D eigenvalue weighted by Gasteiger charge is -2.12. The van der Waals surface area contributed by atoms with Crippen LogP contribution < -0.4 is 15.2 Å². The molecule has 5 nitrogen and oxygen atoms in total. The minimum atomic E-state index is -0.882. The molecule has 0 aliphatic carbocycles. The molecule has 0 fully saturated rings. The Bertz CT molecular complexity index is 392. The molecule has 88 valence electrons. The van der Waals surface area contributed by atoms with Crippen molar-refractivity contribution in [2.75, 3.05) is 27.1 Å². The molecule has 0 aliphatic heterocycles. The van der Waals surface area contributed by atoms with Crippen LogP contribution in [0.2, 0.25) is 0 Å². The Kier molecular flexibility index (Phi) is 3.55. The first-order chi connectivity index (χ1) is 7.56. The van der Waals surface area contributed by atoms with Gasteiger partial charge >= 0.3 is 5.97 Å². The summed E-state index contributed by atoms with van der Waals surface area (Å²) in [5.74, 6) is -1.73. The van der Waals surface area contributed by atoms with Crippen LogP contribution in [-0.4, -0.2) is 27.3 Å². The number of rotatable bonds is 3. The van der Waals surface area contributed by atoms with Gasteiger partial charge in [0.2, 0.25) is 0 Å². The van der Waals surface area contributed by atoms with Crippen LogP contribution in [0.1, 0.15) is 10.4 Å². The van der Waals surface area contributed by atoms with Crippen molar-refractivity contribution in [2.24, 2.45) is 0 Å². The predicted molar refractivity (Wildman–Crippen MR) is 55.3 cm³/mol. The number of halogens is 1. The third-order valence-electron chi connectivity index (χ3n) is 2.06. The number of hydrogen-bond donors (Lipinski definition) is 1. The van der Waals surface area contributed by atoms with Crippen molar-refractivity contribution in [3.8, 4) is 11.5 Å². The van der Waals surface area contributed by atoms with Gasteiger partial charge in [-0.2, -0.15) is 0 Å². The maximum absolute atomic E-state index is 13.7. The fourth-order valence-corrected chi connectivity index (χ4v) is 1.24. The summed E-state index contributed by atoms with van der Waals surface area (Å²) in [6, 6.07) is 1.26. The summed E-state index contributed by atoms with van der Waals surface area (Å²) < 4.78 is 27.8. The Labute approximate surface area is 91.9 Å². The number of nitrogens with two attached hydrogens (primary N) is 1. The summed E-state index contributed by atoms with van der Waals surface area (Å²) in [5.41, 5.74) is 5.07. The predicted octanol–water partition coefficient (Wildman–Crippen LogP) is 1.21. The van der Waals surface area contributed by atoms with Gasteiger partial charge in [-0.15, -0.1) is 0 Å². The van der Waals surface area contributed by atoms with Gasteiger partial charge in [-0.05, 0) is 0 Å². The van der Waals surface area contributed by atoms with E-state index in [4.69, 9.17) is 15.2 Å². The van der Waals surface area contributed by atoms with Crippen molar-refractivity contribution in [3.05, 3.63) is 17.4 Å². The molecule has 0 amide bonds. The zero-order valence-electron chi connectivity index (χ0n) is 9.17. The third-order valence-corrected chi connectivity index (χ3v) is 2.06. The average Bonchev–Trinajstić information content (AvgIpc) is 2.29. The largest absolute Gasteiger partial charge is 0.494 e. The summed E-state index contributed by atoms with van der Waals surface area (Å²) in [4.78, 5) is 11.3. The van der Waals surface area contributed by atoms with E-state index in [0.29, 0.717) is 0 Å². The Morgan fingerprint density at radius 3 is 2.25 bits per heavy atom. The lowest BCUT2D eigenvalue weighted by molar-refractivity contribution is 0.0595. The van der Waals surface area contributed by atoms with Crippen molar-refractivity contribution in [2.45, 2.75) is 0 Å². The highest BCUT2D eigenvalue weighted by Gasteiger charge is 2.23. The summed E-state index contributed by atoms with van der Waals surface area (Å²) in [6.07, 6.45) is 0. The lowest BCUT2D eigenvalue weighted by atomic mass is 10.1. The number of anilines is 1. The fourth-order valence-electron chi connectivity index (χ4n) is 1.24. The topological polar surface area (TPSA) is 70.8 Å². The Balaban J connectivity index is 3.49.